The van der Waals surface area contributed by atoms with Crippen molar-refractivity contribution in [2.24, 2.45) is 0 Å². The lowest BCUT2D eigenvalue weighted by atomic mass is 10.1. The summed E-state index contributed by atoms with van der Waals surface area (Å²) in [5.74, 6) is 1.15. The van der Waals surface area contributed by atoms with Crippen LogP contribution in [0.5, 0.6) is 11.5 Å². The first-order valence-corrected chi connectivity index (χ1v) is 8.51. The van der Waals surface area contributed by atoms with Crippen LogP contribution in [0.1, 0.15) is 28.8 Å². The number of methoxy groups -OCH3 is 2. The van der Waals surface area contributed by atoms with E-state index in [0.717, 1.165) is 18.5 Å². The third kappa shape index (κ3) is 3.96. The monoisotopic (exact) mass is 354 g/mol. The summed E-state index contributed by atoms with van der Waals surface area (Å²) < 4.78 is 10.5. The van der Waals surface area contributed by atoms with Crippen molar-refractivity contribution in [1.82, 2.24) is 4.90 Å². The molecule has 3 rings (SSSR count). The summed E-state index contributed by atoms with van der Waals surface area (Å²) in [5, 5.41) is 2.84. The van der Waals surface area contributed by atoms with Gasteiger partial charge in [-0.2, -0.15) is 0 Å². The summed E-state index contributed by atoms with van der Waals surface area (Å²) in [6.45, 7) is 1.39. The fraction of sp³-hybridized carbons (Fsp3) is 0.300. The van der Waals surface area contributed by atoms with Crippen molar-refractivity contribution in [2.75, 3.05) is 26.1 Å². The molecule has 0 radical (unpaired) electrons. The van der Waals surface area contributed by atoms with E-state index in [1.807, 2.05) is 17.0 Å². The van der Waals surface area contributed by atoms with Gasteiger partial charge in [0.15, 0.2) is 0 Å². The molecule has 1 aliphatic heterocycles. The normalized spacial score (nSPS) is 13.6. The van der Waals surface area contributed by atoms with Crippen LogP contribution in [0.15, 0.2) is 42.5 Å². The van der Waals surface area contributed by atoms with Crippen LogP contribution in [0, 0.1) is 0 Å². The minimum absolute atomic E-state index is 0.193. The van der Waals surface area contributed by atoms with Gasteiger partial charge in [0.1, 0.15) is 11.5 Å². The quantitative estimate of drug-likeness (QED) is 0.866. The molecule has 26 heavy (non-hydrogen) atoms. The second-order valence-corrected chi connectivity index (χ2v) is 6.14. The van der Waals surface area contributed by atoms with Crippen LogP contribution in [0.2, 0.25) is 0 Å². The summed E-state index contributed by atoms with van der Waals surface area (Å²) >= 11 is 0. The van der Waals surface area contributed by atoms with Crippen LogP contribution in [0.3, 0.4) is 0 Å². The van der Waals surface area contributed by atoms with E-state index in [9.17, 15) is 9.59 Å². The molecule has 0 atom stereocenters. The highest BCUT2D eigenvalue weighted by Gasteiger charge is 2.20. The molecule has 0 unspecified atom stereocenters. The molecule has 6 nitrogen and oxygen atoms in total. The smallest absolute Gasteiger partial charge is 0.255 e. The van der Waals surface area contributed by atoms with Crippen LogP contribution in [0.25, 0.3) is 0 Å². The zero-order valence-electron chi connectivity index (χ0n) is 15.0. The molecule has 1 aliphatic rings. The van der Waals surface area contributed by atoms with E-state index in [1.54, 1.807) is 44.6 Å². The Balaban J connectivity index is 1.67. The average Bonchev–Trinajstić information content (AvgIpc) is 3.07. The molecule has 2 amide bonds. The lowest BCUT2D eigenvalue weighted by Gasteiger charge is -2.15. The molecular formula is C20H22N2O4. The Kier molecular flexibility index (Phi) is 5.41. The van der Waals surface area contributed by atoms with Crippen LogP contribution in [0.4, 0.5) is 5.69 Å². The Morgan fingerprint density at radius 2 is 1.88 bits per heavy atom. The van der Waals surface area contributed by atoms with Gasteiger partial charge in [0, 0.05) is 31.1 Å². The van der Waals surface area contributed by atoms with Gasteiger partial charge in [-0.05, 0) is 36.2 Å². The number of benzene rings is 2. The van der Waals surface area contributed by atoms with E-state index in [4.69, 9.17) is 9.47 Å². The first-order chi connectivity index (χ1) is 12.6. The summed E-state index contributed by atoms with van der Waals surface area (Å²) in [4.78, 5) is 26.0. The van der Waals surface area contributed by atoms with Gasteiger partial charge in [-0.1, -0.05) is 12.1 Å². The standard InChI is InChI=1S/C20H22N2O4/c1-25-16-9-10-17(18(12-16)26-2)21-20(24)15-7-5-14(6-8-15)13-22-11-3-4-19(22)23/h5-10,12H,3-4,11,13H2,1-2H3,(H,21,24). The zero-order chi connectivity index (χ0) is 18.5. The van der Waals surface area contributed by atoms with Gasteiger partial charge in [0.05, 0.1) is 19.9 Å². The molecule has 0 saturated carbocycles. The number of rotatable bonds is 6. The molecule has 2 aromatic carbocycles. The molecule has 1 fully saturated rings. The van der Waals surface area contributed by atoms with Crippen molar-refractivity contribution >= 4 is 17.5 Å². The molecule has 1 heterocycles. The SMILES string of the molecule is COc1ccc(NC(=O)c2ccc(CN3CCCC3=O)cc2)c(OC)c1. The Morgan fingerprint density at radius 1 is 1.12 bits per heavy atom. The lowest BCUT2D eigenvalue weighted by Crippen LogP contribution is -2.23. The van der Waals surface area contributed by atoms with Crippen molar-refractivity contribution < 1.29 is 19.1 Å². The highest BCUT2D eigenvalue weighted by Crippen LogP contribution is 2.29. The predicted octanol–water partition coefficient (Wildman–Crippen LogP) is 3.08. The van der Waals surface area contributed by atoms with E-state index >= 15 is 0 Å². The van der Waals surface area contributed by atoms with Crippen LogP contribution in [-0.4, -0.2) is 37.5 Å². The molecule has 136 valence electrons. The minimum Gasteiger partial charge on any atom is -0.497 e. The molecule has 0 spiro atoms. The highest BCUT2D eigenvalue weighted by molar-refractivity contribution is 6.05. The van der Waals surface area contributed by atoms with Crippen molar-refractivity contribution in [2.45, 2.75) is 19.4 Å². The van der Waals surface area contributed by atoms with E-state index in [1.165, 1.54) is 0 Å². The van der Waals surface area contributed by atoms with Crippen LogP contribution in [-0.2, 0) is 11.3 Å². The number of anilines is 1. The first-order valence-electron chi connectivity index (χ1n) is 8.51. The van der Waals surface area contributed by atoms with Crippen LogP contribution < -0.4 is 14.8 Å². The maximum Gasteiger partial charge on any atom is 0.255 e. The number of nitrogens with one attached hydrogen (secondary N) is 1. The van der Waals surface area contributed by atoms with Crippen molar-refractivity contribution in [3.05, 3.63) is 53.6 Å². The Morgan fingerprint density at radius 3 is 2.50 bits per heavy atom. The average molecular weight is 354 g/mol. The molecular weight excluding hydrogens is 332 g/mol. The molecule has 1 saturated heterocycles. The molecule has 6 heteroatoms. The second kappa shape index (κ2) is 7.91. The Bertz CT molecular complexity index is 802. The predicted molar refractivity (Wildman–Crippen MR) is 98.6 cm³/mol. The van der Waals surface area contributed by atoms with Crippen molar-refractivity contribution in [1.29, 1.82) is 0 Å². The molecule has 0 aromatic heterocycles. The lowest BCUT2D eigenvalue weighted by molar-refractivity contribution is -0.128. The van der Waals surface area contributed by atoms with E-state index in [0.29, 0.717) is 35.7 Å². The van der Waals surface area contributed by atoms with Crippen molar-refractivity contribution in [3.63, 3.8) is 0 Å². The Hall–Kier alpha value is -3.02. The summed E-state index contributed by atoms with van der Waals surface area (Å²) in [6.07, 6.45) is 1.55. The first kappa shape index (κ1) is 17.8. The Labute approximate surface area is 152 Å². The summed E-state index contributed by atoms with van der Waals surface area (Å²) in [5.41, 5.74) is 2.13. The fourth-order valence-corrected chi connectivity index (χ4v) is 2.95. The zero-order valence-corrected chi connectivity index (χ0v) is 15.0. The summed E-state index contributed by atoms with van der Waals surface area (Å²) in [7, 11) is 3.11. The molecule has 0 bridgehead atoms. The number of likely N-dealkylation sites (tertiary alicyclic amines) is 1. The van der Waals surface area contributed by atoms with Crippen molar-refractivity contribution in [3.8, 4) is 11.5 Å². The van der Waals surface area contributed by atoms with E-state index < -0.39 is 0 Å². The third-order valence-corrected chi connectivity index (χ3v) is 4.42. The van der Waals surface area contributed by atoms with E-state index in [2.05, 4.69) is 5.32 Å². The topological polar surface area (TPSA) is 67.9 Å². The molecule has 0 aliphatic carbocycles. The number of ether oxygens (including phenoxy) is 2. The molecule has 1 N–H and O–H groups in total. The fourth-order valence-electron chi connectivity index (χ4n) is 2.95. The number of amides is 2. The number of hydrogen-bond acceptors (Lipinski definition) is 4. The van der Waals surface area contributed by atoms with Gasteiger partial charge >= 0.3 is 0 Å². The number of nitrogens with zero attached hydrogens (tertiary/aromatic N) is 1. The van der Waals surface area contributed by atoms with Crippen LogP contribution >= 0.6 is 0 Å². The number of hydrogen-bond donors (Lipinski definition) is 1. The maximum absolute atomic E-state index is 12.5. The number of carbonyl (C=O) groups is 2. The van der Waals surface area contributed by atoms with Gasteiger partial charge < -0.3 is 19.7 Å². The van der Waals surface area contributed by atoms with Gasteiger partial charge in [-0.3, -0.25) is 9.59 Å². The number of carbonyl (C=O) groups excluding carboxylic acids is 2. The third-order valence-electron chi connectivity index (χ3n) is 4.42. The van der Waals surface area contributed by atoms with Gasteiger partial charge in [-0.25, -0.2) is 0 Å². The second-order valence-electron chi connectivity index (χ2n) is 6.14. The van der Waals surface area contributed by atoms with Gasteiger partial charge in [0.25, 0.3) is 5.91 Å². The minimum atomic E-state index is -0.225. The van der Waals surface area contributed by atoms with Gasteiger partial charge in [0.2, 0.25) is 5.91 Å². The van der Waals surface area contributed by atoms with E-state index in [-0.39, 0.29) is 11.8 Å². The maximum atomic E-state index is 12.5. The largest absolute Gasteiger partial charge is 0.497 e. The summed E-state index contributed by atoms with van der Waals surface area (Å²) in [6, 6.07) is 12.5. The van der Waals surface area contributed by atoms with Gasteiger partial charge in [-0.15, -0.1) is 0 Å². The molecule has 2 aromatic rings. The highest BCUT2D eigenvalue weighted by atomic mass is 16.5.